The molecule has 0 unspecified atom stereocenters. The summed E-state index contributed by atoms with van der Waals surface area (Å²) in [6.07, 6.45) is 4.64. The van der Waals surface area contributed by atoms with Crippen molar-refractivity contribution in [2.45, 2.75) is 12.5 Å². The monoisotopic (exact) mass is 238 g/mol. The van der Waals surface area contributed by atoms with Gasteiger partial charge >= 0.3 is 6.03 Å². The molecule has 0 saturated heterocycles. The minimum atomic E-state index is -0.202. The molecule has 2 rings (SSSR count). The van der Waals surface area contributed by atoms with E-state index in [4.69, 9.17) is 5.11 Å². The summed E-state index contributed by atoms with van der Waals surface area (Å²) >= 11 is 1.54. The van der Waals surface area contributed by atoms with Crippen LogP contribution in [0, 0.1) is 5.92 Å². The first-order valence-corrected chi connectivity index (χ1v) is 6.11. The molecule has 2 amide bonds. The molecular formula is C11H14N2O2S. The molecule has 0 radical (unpaired) electrons. The van der Waals surface area contributed by atoms with Gasteiger partial charge in [0.25, 0.3) is 0 Å². The van der Waals surface area contributed by atoms with Crippen molar-refractivity contribution in [1.82, 2.24) is 5.32 Å². The van der Waals surface area contributed by atoms with Crippen molar-refractivity contribution in [2.75, 3.05) is 11.9 Å². The van der Waals surface area contributed by atoms with E-state index in [2.05, 4.69) is 10.6 Å². The van der Waals surface area contributed by atoms with E-state index in [1.54, 1.807) is 0 Å². The molecule has 0 bridgehead atoms. The normalized spacial score (nSPS) is 23.3. The molecule has 0 aliphatic heterocycles. The Kier molecular flexibility index (Phi) is 3.58. The second kappa shape index (κ2) is 5.14. The molecule has 1 aromatic heterocycles. The maximum absolute atomic E-state index is 11.5. The molecule has 1 aromatic rings. The van der Waals surface area contributed by atoms with Crippen molar-refractivity contribution in [1.29, 1.82) is 0 Å². The fourth-order valence-corrected chi connectivity index (χ4v) is 2.28. The second-order valence-electron chi connectivity index (χ2n) is 3.78. The zero-order valence-electron chi connectivity index (χ0n) is 8.72. The zero-order chi connectivity index (χ0) is 11.4. The average molecular weight is 238 g/mol. The second-order valence-corrected chi connectivity index (χ2v) is 4.56. The van der Waals surface area contributed by atoms with E-state index in [9.17, 15) is 4.79 Å². The summed E-state index contributed by atoms with van der Waals surface area (Å²) in [5, 5.41) is 18.3. The number of hydrogen-bond acceptors (Lipinski definition) is 3. The quantitative estimate of drug-likeness (QED) is 0.703. The summed E-state index contributed by atoms with van der Waals surface area (Å²) in [5.74, 6) is 0.173. The van der Waals surface area contributed by atoms with Crippen molar-refractivity contribution >= 4 is 23.1 Å². The molecule has 2 atom stereocenters. The number of anilines is 1. The van der Waals surface area contributed by atoms with Crippen LogP contribution < -0.4 is 10.6 Å². The fraction of sp³-hybridized carbons (Fsp3) is 0.364. The first kappa shape index (κ1) is 11.2. The van der Waals surface area contributed by atoms with Gasteiger partial charge in [-0.25, -0.2) is 4.79 Å². The standard InChI is InChI=1S/C11H14N2O2S/c14-6-8-1-2-9(5-8)12-11(15)13-10-3-4-16-7-10/h1-4,7-9,14H,5-6H2,(H2,12,13,15)/t8-,9+/m0/s1. The largest absolute Gasteiger partial charge is 0.396 e. The zero-order valence-corrected chi connectivity index (χ0v) is 9.54. The molecule has 3 N–H and O–H groups in total. The number of carbonyl (C=O) groups excluding carboxylic acids is 1. The van der Waals surface area contributed by atoms with Gasteiger partial charge in [0.2, 0.25) is 0 Å². The van der Waals surface area contributed by atoms with E-state index in [0.717, 1.165) is 12.1 Å². The van der Waals surface area contributed by atoms with Crippen molar-refractivity contribution in [2.24, 2.45) is 5.92 Å². The van der Waals surface area contributed by atoms with Crippen molar-refractivity contribution in [3.05, 3.63) is 29.0 Å². The summed E-state index contributed by atoms with van der Waals surface area (Å²) in [7, 11) is 0. The first-order chi connectivity index (χ1) is 7.78. The van der Waals surface area contributed by atoms with Crippen LogP contribution in [0.3, 0.4) is 0 Å². The van der Waals surface area contributed by atoms with Gasteiger partial charge in [0.05, 0.1) is 5.69 Å². The van der Waals surface area contributed by atoms with Crippen LogP contribution >= 0.6 is 11.3 Å². The lowest BCUT2D eigenvalue weighted by Gasteiger charge is -2.12. The minimum absolute atomic E-state index is 0.0239. The Balaban J connectivity index is 1.78. The van der Waals surface area contributed by atoms with Gasteiger partial charge in [0.15, 0.2) is 0 Å². The third kappa shape index (κ3) is 2.84. The van der Waals surface area contributed by atoms with Gasteiger partial charge in [-0.05, 0) is 17.9 Å². The summed E-state index contributed by atoms with van der Waals surface area (Å²) in [5.41, 5.74) is 0.809. The van der Waals surface area contributed by atoms with E-state index in [-0.39, 0.29) is 24.6 Å². The highest BCUT2D eigenvalue weighted by Gasteiger charge is 2.19. The van der Waals surface area contributed by atoms with Crippen molar-refractivity contribution in [3.8, 4) is 0 Å². The lowest BCUT2D eigenvalue weighted by Crippen LogP contribution is -2.36. The molecule has 1 aliphatic rings. The Bertz CT molecular complexity index is 375. The van der Waals surface area contributed by atoms with Crippen LogP contribution in [0.4, 0.5) is 10.5 Å². The van der Waals surface area contributed by atoms with E-state index in [1.165, 1.54) is 11.3 Å². The van der Waals surface area contributed by atoms with Crippen LogP contribution in [0.15, 0.2) is 29.0 Å². The van der Waals surface area contributed by atoms with Gasteiger partial charge in [-0.15, -0.1) is 0 Å². The van der Waals surface area contributed by atoms with Crippen LogP contribution in [0.1, 0.15) is 6.42 Å². The number of rotatable bonds is 3. The van der Waals surface area contributed by atoms with Crippen molar-refractivity contribution in [3.63, 3.8) is 0 Å². The molecule has 1 heterocycles. The van der Waals surface area contributed by atoms with Gasteiger partial charge in [-0.2, -0.15) is 11.3 Å². The van der Waals surface area contributed by atoms with E-state index >= 15 is 0 Å². The third-order valence-corrected chi connectivity index (χ3v) is 3.19. The number of thiophene rings is 1. The van der Waals surface area contributed by atoms with E-state index < -0.39 is 0 Å². The highest BCUT2D eigenvalue weighted by atomic mass is 32.1. The lowest BCUT2D eigenvalue weighted by molar-refractivity contribution is 0.238. The number of aliphatic hydroxyl groups excluding tert-OH is 1. The molecule has 5 heteroatoms. The number of aliphatic hydroxyl groups is 1. The van der Waals surface area contributed by atoms with Crippen LogP contribution in [0.25, 0.3) is 0 Å². The Morgan fingerprint density at radius 1 is 1.56 bits per heavy atom. The van der Waals surface area contributed by atoms with Gasteiger partial charge in [0, 0.05) is 23.9 Å². The predicted octanol–water partition coefficient (Wildman–Crippen LogP) is 1.81. The topological polar surface area (TPSA) is 61.4 Å². The molecule has 16 heavy (non-hydrogen) atoms. The first-order valence-electron chi connectivity index (χ1n) is 5.17. The number of amides is 2. The van der Waals surface area contributed by atoms with Crippen LogP contribution in [0.2, 0.25) is 0 Å². The van der Waals surface area contributed by atoms with Gasteiger partial charge in [-0.3, -0.25) is 0 Å². The Labute approximate surface area is 98.0 Å². The predicted molar refractivity (Wildman–Crippen MR) is 64.6 cm³/mol. The number of urea groups is 1. The van der Waals surface area contributed by atoms with E-state index in [1.807, 2.05) is 29.0 Å². The Morgan fingerprint density at radius 3 is 3.06 bits per heavy atom. The molecule has 0 spiro atoms. The number of carbonyl (C=O) groups is 1. The lowest BCUT2D eigenvalue weighted by atomic mass is 10.1. The summed E-state index contributed by atoms with van der Waals surface area (Å²) in [6.45, 7) is 0.140. The summed E-state index contributed by atoms with van der Waals surface area (Å²) in [6, 6.07) is 1.67. The maximum Gasteiger partial charge on any atom is 0.319 e. The maximum atomic E-state index is 11.5. The fourth-order valence-electron chi connectivity index (χ4n) is 1.69. The molecular weight excluding hydrogens is 224 g/mol. The number of nitrogens with one attached hydrogen (secondary N) is 2. The molecule has 0 saturated carbocycles. The van der Waals surface area contributed by atoms with Crippen LogP contribution in [-0.4, -0.2) is 23.8 Å². The average Bonchev–Trinajstić information content (AvgIpc) is 2.89. The van der Waals surface area contributed by atoms with Gasteiger partial charge in [0.1, 0.15) is 0 Å². The highest BCUT2D eigenvalue weighted by Crippen LogP contribution is 2.17. The highest BCUT2D eigenvalue weighted by molar-refractivity contribution is 7.08. The smallest absolute Gasteiger partial charge is 0.319 e. The molecule has 0 aromatic carbocycles. The van der Waals surface area contributed by atoms with Crippen molar-refractivity contribution < 1.29 is 9.90 Å². The third-order valence-electron chi connectivity index (χ3n) is 2.50. The van der Waals surface area contributed by atoms with E-state index in [0.29, 0.717) is 0 Å². The Hall–Kier alpha value is -1.33. The summed E-state index contributed by atoms with van der Waals surface area (Å²) in [4.78, 5) is 11.5. The molecule has 4 nitrogen and oxygen atoms in total. The van der Waals surface area contributed by atoms with Gasteiger partial charge < -0.3 is 15.7 Å². The van der Waals surface area contributed by atoms with Crippen LogP contribution in [0.5, 0.6) is 0 Å². The minimum Gasteiger partial charge on any atom is -0.396 e. The molecule has 1 aliphatic carbocycles. The number of hydrogen-bond donors (Lipinski definition) is 3. The molecule has 0 fully saturated rings. The Morgan fingerprint density at radius 2 is 2.44 bits per heavy atom. The van der Waals surface area contributed by atoms with Gasteiger partial charge in [-0.1, -0.05) is 12.2 Å². The SMILES string of the molecule is O=C(Nc1ccsc1)N[C@@H]1C=C[C@H](CO)C1. The van der Waals surface area contributed by atoms with Crippen LogP contribution in [-0.2, 0) is 0 Å². The molecule has 86 valence electrons. The summed E-state index contributed by atoms with van der Waals surface area (Å²) < 4.78 is 0.